The first kappa shape index (κ1) is 9.24. The van der Waals surface area contributed by atoms with E-state index < -0.39 is 0 Å². The Balaban J connectivity index is 2.56. The highest BCUT2D eigenvalue weighted by Crippen LogP contribution is 2.28. The lowest BCUT2D eigenvalue weighted by Crippen LogP contribution is -2.06. The molecule has 1 atom stereocenters. The second-order valence-electron chi connectivity index (χ2n) is 3.57. The first-order valence-corrected chi connectivity index (χ1v) is 4.51. The highest BCUT2D eigenvalue weighted by atomic mass is 16.1. The van der Waals surface area contributed by atoms with Gasteiger partial charge in [0.2, 0.25) is 0 Å². The van der Waals surface area contributed by atoms with Gasteiger partial charge in [-0.1, -0.05) is 17.2 Å². The minimum absolute atomic E-state index is 0.610. The van der Waals surface area contributed by atoms with E-state index in [9.17, 15) is 4.79 Å². The summed E-state index contributed by atoms with van der Waals surface area (Å²) in [5.74, 6) is 0.610. The number of allylic oxidation sites excluding steroid dienone is 4. The fourth-order valence-corrected chi connectivity index (χ4v) is 1.62. The Morgan fingerprint density at radius 2 is 2.42 bits per heavy atom. The highest BCUT2D eigenvalue weighted by Gasteiger charge is 2.13. The molecule has 1 unspecified atom stereocenters. The smallest absolute Gasteiger partial charge is 0.142 e. The summed E-state index contributed by atoms with van der Waals surface area (Å²) in [5, 5.41) is 0. The Morgan fingerprint density at radius 3 is 2.92 bits per heavy atom. The number of hydrogen-bond acceptors (Lipinski definition) is 1. The molecular formula is C11H16O. The molecule has 0 N–H and O–H groups in total. The molecule has 1 aliphatic carbocycles. The van der Waals surface area contributed by atoms with Gasteiger partial charge in [-0.25, -0.2) is 0 Å². The van der Waals surface area contributed by atoms with Crippen molar-refractivity contribution in [1.82, 2.24) is 0 Å². The van der Waals surface area contributed by atoms with Crippen LogP contribution in [0.25, 0.3) is 0 Å². The first-order valence-electron chi connectivity index (χ1n) is 4.51. The van der Waals surface area contributed by atoms with E-state index in [1.807, 2.05) is 6.92 Å². The zero-order chi connectivity index (χ0) is 8.97. The van der Waals surface area contributed by atoms with E-state index in [1.165, 1.54) is 24.0 Å². The first-order chi connectivity index (χ1) is 5.74. The predicted octanol–water partition coefficient (Wildman–Crippen LogP) is 2.88. The molecule has 0 heterocycles. The van der Waals surface area contributed by atoms with Crippen molar-refractivity contribution in [2.24, 2.45) is 5.92 Å². The number of aldehydes is 1. The normalized spacial score (nSPS) is 25.0. The van der Waals surface area contributed by atoms with Crippen molar-refractivity contribution >= 4 is 6.29 Å². The summed E-state index contributed by atoms with van der Waals surface area (Å²) in [4.78, 5) is 10.2. The molecule has 0 amide bonds. The van der Waals surface area contributed by atoms with Crippen LogP contribution in [0, 0.1) is 5.92 Å². The maximum atomic E-state index is 10.2. The third-order valence-electron chi connectivity index (χ3n) is 2.61. The van der Waals surface area contributed by atoms with Gasteiger partial charge < -0.3 is 0 Å². The molecule has 0 aromatic rings. The number of carbonyl (C=O) groups excluding carboxylic acids is 1. The Kier molecular flexibility index (Phi) is 3.27. The summed E-state index contributed by atoms with van der Waals surface area (Å²) in [6, 6.07) is 0. The summed E-state index contributed by atoms with van der Waals surface area (Å²) in [5.41, 5.74) is 2.72. The van der Waals surface area contributed by atoms with Crippen LogP contribution in [-0.4, -0.2) is 6.29 Å². The average Bonchev–Trinajstić information content (AvgIpc) is 2.06. The molecular weight excluding hydrogens is 148 g/mol. The van der Waals surface area contributed by atoms with Crippen molar-refractivity contribution in [2.75, 3.05) is 0 Å². The number of hydrogen-bond donors (Lipinski definition) is 0. The van der Waals surface area contributed by atoms with Gasteiger partial charge in [0.25, 0.3) is 0 Å². The van der Waals surface area contributed by atoms with Gasteiger partial charge in [0, 0.05) is 0 Å². The van der Waals surface area contributed by atoms with Crippen LogP contribution >= 0.6 is 0 Å². The molecule has 1 rings (SSSR count). The molecule has 0 aromatic carbocycles. The fraction of sp³-hybridized carbons (Fsp3) is 0.545. The quantitative estimate of drug-likeness (QED) is 0.348. The Bertz CT molecular complexity index is 223. The third kappa shape index (κ3) is 2.33. The van der Waals surface area contributed by atoms with Crippen LogP contribution in [0.15, 0.2) is 23.3 Å². The van der Waals surface area contributed by atoms with Crippen molar-refractivity contribution in [3.63, 3.8) is 0 Å². The molecule has 0 fully saturated rings. The minimum atomic E-state index is 0.610. The molecule has 12 heavy (non-hydrogen) atoms. The maximum Gasteiger partial charge on any atom is 0.142 e. The van der Waals surface area contributed by atoms with Gasteiger partial charge in [-0.3, -0.25) is 4.79 Å². The predicted molar refractivity (Wildman–Crippen MR) is 50.9 cm³/mol. The molecule has 0 saturated heterocycles. The second kappa shape index (κ2) is 4.24. The third-order valence-corrected chi connectivity index (χ3v) is 2.61. The van der Waals surface area contributed by atoms with Crippen molar-refractivity contribution in [2.45, 2.75) is 33.1 Å². The fourth-order valence-electron chi connectivity index (χ4n) is 1.62. The molecule has 0 bridgehead atoms. The Morgan fingerprint density at radius 1 is 1.67 bits per heavy atom. The second-order valence-corrected chi connectivity index (χ2v) is 3.57. The monoisotopic (exact) mass is 164 g/mol. The highest BCUT2D eigenvalue weighted by molar-refractivity contribution is 5.66. The van der Waals surface area contributed by atoms with Crippen molar-refractivity contribution < 1.29 is 4.79 Å². The molecule has 0 spiro atoms. The van der Waals surface area contributed by atoms with E-state index in [2.05, 4.69) is 13.0 Å². The van der Waals surface area contributed by atoms with Gasteiger partial charge in [-0.15, -0.1) is 0 Å². The van der Waals surface area contributed by atoms with E-state index >= 15 is 0 Å². The Labute approximate surface area is 74.2 Å². The molecule has 0 saturated carbocycles. The lowest BCUT2D eigenvalue weighted by Gasteiger charge is -2.20. The van der Waals surface area contributed by atoms with Crippen LogP contribution in [0.1, 0.15) is 33.1 Å². The molecule has 1 heteroatoms. The van der Waals surface area contributed by atoms with E-state index in [1.54, 1.807) is 6.08 Å². The zero-order valence-corrected chi connectivity index (χ0v) is 7.84. The van der Waals surface area contributed by atoms with Crippen LogP contribution in [0.3, 0.4) is 0 Å². The summed E-state index contributed by atoms with van der Waals surface area (Å²) in [6.07, 6.45) is 8.38. The summed E-state index contributed by atoms with van der Waals surface area (Å²) >= 11 is 0. The average molecular weight is 164 g/mol. The van der Waals surface area contributed by atoms with E-state index in [0.717, 1.165) is 12.7 Å². The zero-order valence-electron chi connectivity index (χ0n) is 7.84. The maximum absolute atomic E-state index is 10.2. The lowest BCUT2D eigenvalue weighted by atomic mass is 9.85. The minimum Gasteiger partial charge on any atom is -0.299 e. The van der Waals surface area contributed by atoms with E-state index in [-0.39, 0.29) is 0 Å². The SMILES string of the molecule is CC1=CCC(/C(C)=C/C=O)CC1. The topological polar surface area (TPSA) is 17.1 Å². The van der Waals surface area contributed by atoms with Gasteiger partial charge in [0.15, 0.2) is 0 Å². The summed E-state index contributed by atoms with van der Waals surface area (Å²) in [7, 11) is 0. The molecule has 66 valence electrons. The van der Waals surface area contributed by atoms with Crippen LogP contribution in [0.2, 0.25) is 0 Å². The van der Waals surface area contributed by atoms with Gasteiger partial charge in [0.05, 0.1) is 0 Å². The standard InChI is InChI=1S/C11H16O/c1-9-3-5-11(6-4-9)10(2)7-8-12/h3,7-8,11H,4-6H2,1-2H3/b10-7+. The van der Waals surface area contributed by atoms with Crippen LogP contribution < -0.4 is 0 Å². The lowest BCUT2D eigenvalue weighted by molar-refractivity contribution is -0.104. The molecule has 1 nitrogen and oxygen atoms in total. The molecule has 0 aromatic heterocycles. The van der Waals surface area contributed by atoms with Crippen LogP contribution in [0.5, 0.6) is 0 Å². The van der Waals surface area contributed by atoms with Crippen LogP contribution in [-0.2, 0) is 4.79 Å². The van der Waals surface area contributed by atoms with Crippen molar-refractivity contribution in [1.29, 1.82) is 0 Å². The summed E-state index contributed by atoms with van der Waals surface area (Å²) < 4.78 is 0. The number of carbonyl (C=O) groups is 1. The van der Waals surface area contributed by atoms with Gasteiger partial charge in [-0.05, 0) is 45.1 Å². The largest absolute Gasteiger partial charge is 0.299 e. The van der Waals surface area contributed by atoms with E-state index in [4.69, 9.17) is 0 Å². The molecule has 0 radical (unpaired) electrons. The van der Waals surface area contributed by atoms with E-state index in [0.29, 0.717) is 5.92 Å². The van der Waals surface area contributed by atoms with Crippen molar-refractivity contribution in [3.05, 3.63) is 23.3 Å². The number of rotatable bonds is 2. The van der Waals surface area contributed by atoms with Gasteiger partial charge in [0.1, 0.15) is 6.29 Å². The summed E-state index contributed by atoms with van der Waals surface area (Å²) in [6.45, 7) is 4.22. The van der Waals surface area contributed by atoms with Crippen LogP contribution in [0.4, 0.5) is 0 Å². The van der Waals surface area contributed by atoms with Crippen molar-refractivity contribution in [3.8, 4) is 0 Å². The Hall–Kier alpha value is -0.850. The molecule has 0 aliphatic heterocycles. The van der Waals surface area contributed by atoms with Gasteiger partial charge in [-0.2, -0.15) is 0 Å². The molecule has 1 aliphatic rings. The van der Waals surface area contributed by atoms with Gasteiger partial charge >= 0.3 is 0 Å².